The van der Waals surface area contributed by atoms with Crippen molar-refractivity contribution in [1.29, 1.82) is 0 Å². The topological polar surface area (TPSA) is 98.8 Å². The first kappa shape index (κ1) is 21.2. The average Bonchev–Trinajstić information content (AvgIpc) is 2.90. The molecule has 9 heteroatoms. The minimum atomic E-state index is -0.865. The van der Waals surface area contributed by atoms with Gasteiger partial charge in [-0.05, 0) is 55.5 Å². The first-order valence-corrected chi connectivity index (χ1v) is 10.5. The van der Waals surface area contributed by atoms with Crippen LogP contribution in [0.1, 0.15) is 32.6 Å². The Morgan fingerprint density at radius 1 is 1.24 bits per heavy atom. The van der Waals surface area contributed by atoms with E-state index in [2.05, 4.69) is 17.6 Å². The van der Waals surface area contributed by atoms with Gasteiger partial charge >= 0.3 is 6.03 Å². The van der Waals surface area contributed by atoms with Crippen molar-refractivity contribution in [1.82, 2.24) is 15.1 Å². The minimum Gasteiger partial charge on any atom is -0.339 e. The summed E-state index contributed by atoms with van der Waals surface area (Å²) >= 11 is 0.994. The molecule has 1 saturated heterocycles. The number of carbonyl (C=O) groups excluding carboxylic acids is 4. The second-order valence-electron chi connectivity index (χ2n) is 7.89. The Hall–Kier alpha value is -2.55. The molecule has 0 unspecified atom stereocenters. The molecule has 0 aromatic heterocycles. The number of anilines is 1. The van der Waals surface area contributed by atoms with E-state index < -0.39 is 17.5 Å². The Balaban J connectivity index is 1.66. The number of thioether (sulfide) groups is 1. The molecule has 156 valence electrons. The van der Waals surface area contributed by atoms with Crippen molar-refractivity contribution in [3.63, 3.8) is 0 Å². The molecule has 2 fully saturated rings. The molecule has 2 aliphatic rings. The zero-order valence-corrected chi connectivity index (χ0v) is 17.7. The highest BCUT2D eigenvalue weighted by atomic mass is 32.2. The summed E-state index contributed by atoms with van der Waals surface area (Å²) in [5.41, 5.74) is -0.401. The number of benzene rings is 1. The average molecular weight is 419 g/mol. The summed E-state index contributed by atoms with van der Waals surface area (Å²) in [6.45, 7) is 1.78. The van der Waals surface area contributed by atoms with Crippen molar-refractivity contribution in [3.05, 3.63) is 24.3 Å². The quantitative estimate of drug-likeness (QED) is 0.579. The standard InChI is InChI=1S/C20H26N4O4S/c1-13-8-10-20(11-9-13)17(26)24(18(27)22-20)12-16(25)21-14-6-4-5-7-15(14)29-19(28)23(2)3/h4-7,13H,8-12H2,1-3H3,(H,21,25)(H,22,27). The maximum atomic E-state index is 12.9. The van der Waals surface area contributed by atoms with Crippen LogP contribution in [0, 0.1) is 5.92 Å². The summed E-state index contributed by atoms with van der Waals surface area (Å²) < 4.78 is 0. The summed E-state index contributed by atoms with van der Waals surface area (Å²) in [6.07, 6.45) is 2.94. The Morgan fingerprint density at radius 2 is 1.90 bits per heavy atom. The summed E-state index contributed by atoms with van der Waals surface area (Å²) in [7, 11) is 3.30. The first-order valence-electron chi connectivity index (χ1n) is 9.64. The molecule has 1 aromatic rings. The smallest absolute Gasteiger partial charge is 0.325 e. The normalized spacial score (nSPS) is 23.8. The fourth-order valence-corrected chi connectivity index (χ4v) is 4.34. The number of amides is 5. The molecule has 0 radical (unpaired) electrons. The number of rotatable bonds is 4. The van der Waals surface area contributed by atoms with Gasteiger partial charge in [-0.15, -0.1) is 0 Å². The van der Waals surface area contributed by atoms with Gasteiger partial charge < -0.3 is 15.5 Å². The van der Waals surface area contributed by atoms with Crippen molar-refractivity contribution in [2.75, 3.05) is 26.0 Å². The Morgan fingerprint density at radius 3 is 2.55 bits per heavy atom. The van der Waals surface area contributed by atoms with Gasteiger partial charge in [0.2, 0.25) is 5.91 Å². The molecule has 1 saturated carbocycles. The van der Waals surface area contributed by atoms with Gasteiger partial charge in [0.15, 0.2) is 0 Å². The van der Waals surface area contributed by atoms with Gasteiger partial charge in [0, 0.05) is 19.0 Å². The van der Waals surface area contributed by atoms with Crippen LogP contribution < -0.4 is 10.6 Å². The third kappa shape index (κ3) is 4.55. The highest BCUT2D eigenvalue weighted by molar-refractivity contribution is 8.13. The Kier molecular flexibility index (Phi) is 6.16. The number of carbonyl (C=O) groups is 4. The lowest BCUT2D eigenvalue weighted by Gasteiger charge is -2.33. The highest BCUT2D eigenvalue weighted by Crippen LogP contribution is 2.36. The molecule has 8 nitrogen and oxygen atoms in total. The SMILES string of the molecule is CC1CCC2(CC1)NC(=O)N(CC(=O)Nc1ccccc1SC(=O)N(C)C)C2=O. The number of hydrogen-bond donors (Lipinski definition) is 2. The third-order valence-corrected chi connectivity index (χ3v) is 6.51. The highest BCUT2D eigenvalue weighted by Gasteiger charge is 2.52. The second-order valence-corrected chi connectivity index (χ2v) is 8.89. The van der Waals surface area contributed by atoms with E-state index in [1.807, 2.05) is 0 Å². The van der Waals surface area contributed by atoms with Crippen molar-refractivity contribution in [2.24, 2.45) is 5.92 Å². The number of para-hydroxylation sites is 1. The van der Waals surface area contributed by atoms with Crippen LogP contribution in [0.5, 0.6) is 0 Å². The van der Waals surface area contributed by atoms with Crippen molar-refractivity contribution in [2.45, 2.75) is 43.0 Å². The van der Waals surface area contributed by atoms with Crippen LogP contribution in [-0.2, 0) is 9.59 Å². The van der Waals surface area contributed by atoms with Gasteiger partial charge in [0.05, 0.1) is 5.69 Å². The predicted octanol–water partition coefficient (Wildman–Crippen LogP) is 2.90. The number of urea groups is 1. The first-order chi connectivity index (χ1) is 13.7. The van der Waals surface area contributed by atoms with E-state index in [1.54, 1.807) is 38.4 Å². The molecule has 0 bridgehead atoms. The van der Waals surface area contributed by atoms with Gasteiger partial charge in [-0.2, -0.15) is 0 Å². The molecule has 29 heavy (non-hydrogen) atoms. The van der Waals surface area contributed by atoms with Crippen LogP contribution in [-0.4, -0.2) is 59.1 Å². The molecule has 5 amide bonds. The summed E-state index contributed by atoms with van der Waals surface area (Å²) in [6, 6.07) is 6.40. The monoisotopic (exact) mass is 418 g/mol. The van der Waals surface area contributed by atoms with E-state index in [0.29, 0.717) is 29.3 Å². The summed E-state index contributed by atoms with van der Waals surface area (Å²) in [5, 5.41) is 5.36. The minimum absolute atomic E-state index is 0.172. The van der Waals surface area contributed by atoms with Gasteiger partial charge in [-0.25, -0.2) is 4.79 Å². The van der Waals surface area contributed by atoms with E-state index in [4.69, 9.17) is 0 Å². The van der Waals surface area contributed by atoms with Crippen LogP contribution >= 0.6 is 11.8 Å². The molecule has 1 aliphatic heterocycles. The van der Waals surface area contributed by atoms with E-state index in [9.17, 15) is 19.2 Å². The molecule has 1 aliphatic carbocycles. The number of imide groups is 1. The van der Waals surface area contributed by atoms with Crippen molar-refractivity contribution in [3.8, 4) is 0 Å². The lowest BCUT2D eigenvalue weighted by Crippen LogP contribution is -2.49. The predicted molar refractivity (Wildman–Crippen MR) is 111 cm³/mol. The molecule has 2 N–H and O–H groups in total. The maximum Gasteiger partial charge on any atom is 0.325 e. The van der Waals surface area contributed by atoms with E-state index >= 15 is 0 Å². The zero-order valence-electron chi connectivity index (χ0n) is 16.9. The summed E-state index contributed by atoms with van der Waals surface area (Å²) in [5.74, 6) is -0.281. The molecule has 3 rings (SSSR count). The van der Waals surface area contributed by atoms with E-state index in [1.165, 1.54) is 4.90 Å². The van der Waals surface area contributed by atoms with Gasteiger partial charge in [-0.3, -0.25) is 19.3 Å². The fourth-order valence-electron chi connectivity index (χ4n) is 3.59. The maximum absolute atomic E-state index is 12.9. The molecular formula is C20H26N4O4S. The van der Waals surface area contributed by atoms with Crippen molar-refractivity contribution >= 4 is 40.5 Å². The van der Waals surface area contributed by atoms with Crippen LogP contribution in [0.4, 0.5) is 15.3 Å². The Labute approximate surface area is 174 Å². The lowest BCUT2D eigenvalue weighted by atomic mass is 9.77. The van der Waals surface area contributed by atoms with Crippen LogP contribution in [0.25, 0.3) is 0 Å². The summed E-state index contributed by atoms with van der Waals surface area (Å²) in [4.78, 5) is 52.8. The van der Waals surface area contributed by atoms with Gasteiger partial charge in [-0.1, -0.05) is 19.1 Å². The largest absolute Gasteiger partial charge is 0.339 e. The Bertz CT molecular complexity index is 834. The van der Waals surface area contributed by atoms with Gasteiger partial charge in [0.25, 0.3) is 11.1 Å². The number of hydrogen-bond acceptors (Lipinski definition) is 5. The van der Waals surface area contributed by atoms with Crippen LogP contribution in [0.15, 0.2) is 29.2 Å². The zero-order chi connectivity index (χ0) is 21.2. The van der Waals surface area contributed by atoms with E-state index in [-0.39, 0.29) is 17.7 Å². The lowest BCUT2D eigenvalue weighted by molar-refractivity contribution is -0.135. The van der Waals surface area contributed by atoms with E-state index in [0.717, 1.165) is 29.5 Å². The molecule has 1 spiro atoms. The van der Waals surface area contributed by atoms with Gasteiger partial charge in [0.1, 0.15) is 12.1 Å². The fraction of sp³-hybridized carbons (Fsp3) is 0.500. The molecule has 1 heterocycles. The van der Waals surface area contributed by atoms with Crippen LogP contribution in [0.3, 0.4) is 0 Å². The molecule has 1 aromatic carbocycles. The second kappa shape index (κ2) is 8.44. The molecular weight excluding hydrogens is 392 g/mol. The molecule has 0 atom stereocenters. The van der Waals surface area contributed by atoms with Crippen molar-refractivity contribution < 1.29 is 19.2 Å². The third-order valence-electron chi connectivity index (χ3n) is 5.40. The van der Waals surface area contributed by atoms with Crippen LogP contribution in [0.2, 0.25) is 0 Å². The number of nitrogens with one attached hydrogen (secondary N) is 2. The number of nitrogens with zero attached hydrogens (tertiary/aromatic N) is 2.